The lowest BCUT2D eigenvalue weighted by molar-refractivity contribution is -0.304. The molecule has 6 N–H and O–H groups in total. The summed E-state index contributed by atoms with van der Waals surface area (Å²) < 4.78 is 9.93. The molecule has 17 heavy (non-hydrogen) atoms. The lowest BCUT2D eigenvalue weighted by Crippen LogP contribution is -2.59. The third-order valence-corrected chi connectivity index (χ3v) is 2.51. The summed E-state index contributed by atoms with van der Waals surface area (Å²) >= 11 is 0. The van der Waals surface area contributed by atoms with Gasteiger partial charge in [0.2, 0.25) is 0 Å². The van der Waals surface area contributed by atoms with Crippen LogP contribution in [-0.4, -0.2) is 87.3 Å². The Bertz CT molecular complexity index is 223. The van der Waals surface area contributed by atoms with E-state index in [2.05, 4.69) is 0 Å². The van der Waals surface area contributed by atoms with Gasteiger partial charge >= 0.3 is 0 Å². The van der Waals surface area contributed by atoms with Crippen molar-refractivity contribution in [1.82, 2.24) is 0 Å². The van der Waals surface area contributed by atoms with Gasteiger partial charge in [-0.2, -0.15) is 0 Å². The molecule has 0 radical (unpaired) electrons. The number of aliphatic hydroxyl groups is 6. The molecule has 1 saturated heterocycles. The predicted octanol–water partition coefficient (Wildman–Crippen LogP) is -3.84. The molecule has 102 valence electrons. The van der Waals surface area contributed by atoms with Crippen LogP contribution in [0.1, 0.15) is 0 Å². The summed E-state index contributed by atoms with van der Waals surface area (Å²) in [6.45, 7) is -1.37. The van der Waals surface area contributed by atoms with Gasteiger partial charge in [-0.15, -0.1) is 0 Å². The van der Waals surface area contributed by atoms with Crippen LogP contribution >= 0.6 is 0 Å². The van der Waals surface area contributed by atoms with E-state index < -0.39 is 50.0 Å². The van der Waals surface area contributed by atoms with Gasteiger partial charge in [-0.25, -0.2) is 0 Å². The Morgan fingerprint density at radius 3 is 2.24 bits per heavy atom. The van der Waals surface area contributed by atoms with Crippen molar-refractivity contribution in [3.8, 4) is 0 Å². The third kappa shape index (κ3) is 3.57. The van der Waals surface area contributed by atoms with Crippen LogP contribution in [0.2, 0.25) is 0 Å². The van der Waals surface area contributed by atoms with Gasteiger partial charge in [0.15, 0.2) is 6.29 Å². The Kier molecular flexibility index (Phi) is 5.70. The van der Waals surface area contributed by atoms with Gasteiger partial charge in [0, 0.05) is 0 Å². The molecule has 1 fully saturated rings. The molecular weight excluding hydrogens is 236 g/mol. The van der Waals surface area contributed by atoms with Crippen molar-refractivity contribution in [3.05, 3.63) is 0 Å². The smallest absolute Gasteiger partial charge is 0.186 e. The number of hydrogen-bond acceptors (Lipinski definition) is 8. The Labute approximate surface area is 97.6 Å². The normalized spacial score (nSPS) is 40.2. The van der Waals surface area contributed by atoms with Crippen LogP contribution in [0.15, 0.2) is 0 Å². The van der Waals surface area contributed by atoms with E-state index in [0.29, 0.717) is 0 Å². The highest BCUT2D eigenvalue weighted by Gasteiger charge is 2.44. The van der Waals surface area contributed by atoms with Crippen molar-refractivity contribution in [2.45, 2.75) is 36.8 Å². The van der Waals surface area contributed by atoms with Crippen LogP contribution in [0.3, 0.4) is 0 Å². The second-order valence-corrected chi connectivity index (χ2v) is 3.87. The van der Waals surface area contributed by atoms with Crippen LogP contribution < -0.4 is 0 Å². The molecule has 0 aromatic rings. The molecule has 0 aromatic carbocycles. The third-order valence-electron chi connectivity index (χ3n) is 2.51. The predicted molar refractivity (Wildman–Crippen MR) is 52.8 cm³/mol. The second-order valence-electron chi connectivity index (χ2n) is 3.87. The first kappa shape index (κ1) is 14.7. The monoisotopic (exact) mass is 254 g/mol. The zero-order valence-electron chi connectivity index (χ0n) is 9.09. The Balaban J connectivity index is 2.53. The van der Waals surface area contributed by atoms with Crippen molar-refractivity contribution in [1.29, 1.82) is 0 Å². The van der Waals surface area contributed by atoms with E-state index in [0.717, 1.165) is 0 Å². The molecule has 1 aliphatic rings. The molecule has 1 rings (SSSR count). The lowest BCUT2D eigenvalue weighted by Gasteiger charge is -2.39. The van der Waals surface area contributed by atoms with Gasteiger partial charge in [0.05, 0.1) is 19.8 Å². The fourth-order valence-corrected chi connectivity index (χ4v) is 1.46. The minimum absolute atomic E-state index is 0.306. The summed E-state index contributed by atoms with van der Waals surface area (Å²) in [6, 6.07) is 0. The molecule has 0 amide bonds. The Hall–Kier alpha value is -0.320. The number of aliphatic hydroxyl groups excluding tert-OH is 6. The average Bonchev–Trinajstić information content (AvgIpc) is 2.34. The standard InChI is InChI=1S/C9H18O8/c10-1-4(12)3-16-9-8(15)7(14)6(13)5(2-11)17-9/h4-15H,1-3H2/t4-,5?,6+,7+,8?,9-/m1/s1. The summed E-state index contributed by atoms with van der Waals surface area (Å²) in [5.41, 5.74) is 0. The molecule has 1 aliphatic heterocycles. The van der Waals surface area contributed by atoms with E-state index in [1.54, 1.807) is 0 Å². The first-order valence-electron chi connectivity index (χ1n) is 5.22. The zero-order valence-corrected chi connectivity index (χ0v) is 9.09. The molecule has 0 bridgehead atoms. The highest BCUT2D eigenvalue weighted by molar-refractivity contribution is 4.88. The molecule has 8 heteroatoms. The maximum absolute atomic E-state index is 9.52. The topological polar surface area (TPSA) is 140 Å². The average molecular weight is 254 g/mol. The first-order valence-corrected chi connectivity index (χ1v) is 5.22. The summed E-state index contributed by atoms with van der Waals surface area (Å²) in [6.07, 6.45) is -7.94. The molecule has 0 aliphatic carbocycles. The minimum Gasteiger partial charge on any atom is -0.394 e. The molecule has 0 aromatic heterocycles. The van der Waals surface area contributed by atoms with E-state index >= 15 is 0 Å². The summed E-state index contributed by atoms with van der Waals surface area (Å²) in [7, 11) is 0. The van der Waals surface area contributed by atoms with Crippen molar-refractivity contribution < 1.29 is 40.1 Å². The van der Waals surface area contributed by atoms with Gasteiger partial charge in [0.1, 0.15) is 30.5 Å². The molecule has 8 nitrogen and oxygen atoms in total. The fourth-order valence-electron chi connectivity index (χ4n) is 1.46. The van der Waals surface area contributed by atoms with Crippen molar-refractivity contribution in [2.75, 3.05) is 19.8 Å². The quantitative estimate of drug-likeness (QED) is 0.293. The molecule has 2 unspecified atom stereocenters. The molecule has 1 heterocycles. The van der Waals surface area contributed by atoms with E-state index in [-0.39, 0.29) is 6.61 Å². The lowest BCUT2D eigenvalue weighted by atomic mass is 9.99. The van der Waals surface area contributed by atoms with Gasteiger partial charge in [0.25, 0.3) is 0 Å². The van der Waals surface area contributed by atoms with E-state index in [4.69, 9.17) is 24.8 Å². The fraction of sp³-hybridized carbons (Fsp3) is 1.00. The number of rotatable bonds is 5. The second kappa shape index (κ2) is 6.57. The molecule has 0 saturated carbocycles. The maximum Gasteiger partial charge on any atom is 0.186 e. The number of ether oxygens (including phenoxy) is 2. The molecule has 0 spiro atoms. The highest BCUT2D eigenvalue weighted by atomic mass is 16.7. The van der Waals surface area contributed by atoms with E-state index in [1.807, 2.05) is 0 Å². The Morgan fingerprint density at radius 2 is 1.71 bits per heavy atom. The van der Waals surface area contributed by atoms with E-state index in [1.165, 1.54) is 0 Å². The van der Waals surface area contributed by atoms with E-state index in [9.17, 15) is 15.3 Å². The van der Waals surface area contributed by atoms with Gasteiger partial charge < -0.3 is 40.1 Å². The van der Waals surface area contributed by atoms with Crippen LogP contribution in [0.4, 0.5) is 0 Å². The molecule has 6 atom stereocenters. The zero-order chi connectivity index (χ0) is 13.0. The Morgan fingerprint density at radius 1 is 1.06 bits per heavy atom. The van der Waals surface area contributed by atoms with Gasteiger partial charge in [-0.05, 0) is 0 Å². The number of hydrogen-bond donors (Lipinski definition) is 6. The summed E-state index contributed by atoms with van der Waals surface area (Å²) in [5.74, 6) is 0. The van der Waals surface area contributed by atoms with Gasteiger partial charge in [-0.3, -0.25) is 0 Å². The van der Waals surface area contributed by atoms with Crippen molar-refractivity contribution in [3.63, 3.8) is 0 Å². The van der Waals surface area contributed by atoms with Crippen LogP contribution in [0.25, 0.3) is 0 Å². The summed E-state index contributed by atoms with van der Waals surface area (Å²) in [5, 5.41) is 54.9. The maximum atomic E-state index is 9.52. The SMILES string of the molecule is OCC1O[C@@H](OC[C@H](O)CO)C(O)[C@@H](O)[C@H]1O. The molecular formula is C9H18O8. The van der Waals surface area contributed by atoms with Gasteiger partial charge in [-0.1, -0.05) is 0 Å². The van der Waals surface area contributed by atoms with Crippen LogP contribution in [-0.2, 0) is 9.47 Å². The van der Waals surface area contributed by atoms with Crippen molar-refractivity contribution in [2.24, 2.45) is 0 Å². The minimum atomic E-state index is -1.52. The highest BCUT2D eigenvalue weighted by Crippen LogP contribution is 2.21. The van der Waals surface area contributed by atoms with Crippen molar-refractivity contribution >= 4 is 0 Å². The largest absolute Gasteiger partial charge is 0.394 e. The van der Waals surface area contributed by atoms with Crippen LogP contribution in [0.5, 0.6) is 0 Å². The first-order chi connectivity index (χ1) is 8.01. The van der Waals surface area contributed by atoms with Crippen LogP contribution in [0, 0.1) is 0 Å². The summed E-state index contributed by atoms with van der Waals surface area (Å²) in [4.78, 5) is 0.